The predicted octanol–water partition coefficient (Wildman–Crippen LogP) is 2.00. The normalized spacial score (nSPS) is 23.4. The highest BCUT2D eigenvalue weighted by Gasteiger charge is 2.26. The first-order chi connectivity index (χ1) is 9.02. The lowest BCUT2D eigenvalue weighted by atomic mass is 9.92. The fraction of sp³-hybridized carbons (Fsp3) is 0.500. The van der Waals surface area contributed by atoms with E-state index in [-0.39, 0.29) is 0 Å². The number of halogens is 1. The minimum Gasteiger partial charge on any atom is -0.366 e. The van der Waals surface area contributed by atoms with Crippen molar-refractivity contribution >= 4 is 23.2 Å². The molecule has 1 aromatic rings. The van der Waals surface area contributed by atoms with Crippen LogP contribution >= 0.6 is 11.6 Å². The van der Waals surface area contributed by atoms with E-state index in [1.165, 1.54) is 0 Å². The molecule has 1 aliphatic rings. The third-order valence-electron chi connectivity index (χ3n) is 3.79. The smallest absolute Gasteiger partial charge is 0.248 e. The van der Waals surface area contributed by atoms with Gasteiger partial charge in [-0.2, -0.15) is 0 Å². The Morgan fingerprint density at radius 1 is 1.53 bits per heavy atom. The summed E-state index contributed by atoms with van der Waals surface area (Å²) in [5.41, 5.74) is 12.5. The van der Waals surface area contributed by atoms with Crippen LogP contribution < -0.4 is 16.4 Å². The van der Waals surface area contributed by atoms with Gasteiger partial charge in [-0.1, -0.05) is 18.5 Å². The van der Waals surface area contributed by atoms with Crippen molar-refractivity contribution in [2.75, 3.05) is 18.0 Å². The van der Waals surface area contributed by atoms with E-state index in [0.717, 1.165) is 25.1 Å². The Bertz CT molecular complexity index is 478. The molecule has 2 atom stereocenters. The molecule has 0 radical (unpaired) electrons. The Morgan fingerprint density at radius 2 is 2.26 bits per heavy atom. The minimum absolute atomic E-state index is 0.306. The summed E-state index contributed by atoms with van der Waals surface area (Å²) in [5, 5.41) is 0.560. The average molecular weight is 282 g/mol. The van der Waals surface area contributed by atoms with Crippen molar-refractivity contribution in [2.24, 2.45) is 17.4 Å². The van der Waals surface area contributed by atoms with Crippen molar-refractivity contribution in [3.05, 3.63) is 28.8 Å². The zero-order valence-electron chi connectivity index (χ0n) is 11.1. The lowest BCUT2D eigenvalue weighted by molar-refractivity contribution is 0.100. The van der Waals surface area contributed by atoms with Crippen molar-refractivity contribution in [3.63, 3.8) is 0 Å². The number of carbonyl (C=O) groups is 1. The molecule has 0 spiro atoms. The number of piperidine rings is 1. The van der Waals surface area contributed by atoms with Crippen LogP contribution in [0.4, 0.5) is 5.69 Å². The molecular weight excluding hydrogens is 262 g/mol. The van der Waals surface area contributed by atoms with E-state index in [4.69, 9.17) is 23.1 Å². The first-order valence-corrected chi connectivity index (χ1v) is 6.96. The van der Waals surface area contributed by atoms with Crippen molar-refractivity contribution in [1.29, 1.82) is 0 Å². The number of carbonyl (C=O) groups excluding carboxylic acids is 1. The molecule has 4 N–H and O–H groups in total. The first-order valence-electron chi connectivity index (χ1n) is 6.59. The van der Waals surface area contributed by atoms with E-state index in [0.29, 0.717) is 29.1 Å². The maximum atomic E-state index is 11.1. The van der Waals surface area contributed by atoms with Gasteiger partial charge in [-0.25, -0.2) is 0 Å². The third kappa shape index (κ3) is 3.01. The molecule has 104 valence electrons. The monoisotopic (exact) mass is 281 g/mol. The van der Waals surface area contributed by atoms with Crippen LogP contribution in [0, 0.1) is 5.92 Å². The molecule has 1 aromatic carbocycles. The van der Waals surface area contributed by atoms with E-state index in [1.807, 2.05) is 6.07 Å². The molecular formula is C14H20ClN3O. The van der Waals surface area contributed by atoms with Crippen LogP contribution in [0.25, 0.3) is 0 Å². The van der Waals surface area contributed by atoms with Crippen LogP contribution in [0.3, 0.4) is 0 Å². The SMILES string of the molecule is CC1CCN(c2ccc(C(N)=O)cc2Cl)C(CN)C1. The molecule has 1 fully saturated rings. The number of hydrogen-bond donors (Lipinski definition) is 2. The molecule has 1 saturated heterocycles. The standard InChI is InChI=1S/C14H20ClN3O/c1-9-4-5-18(11(6-9)8-16)13-3-2-10(14(17)19)7-12(13)15/h2-3,7,9,11H,4-6,8,16H2,1H3,(H2,17,19). The number of nitrogens with two attached hydrogens (primary N) is 2. The molecule has 19 heavy (non-hydrogen) atoms. The number of primary amides is 1. The molecule has 1 heterocycles. The maximum Gasteiger partial charge on any atom is 0.248 e. The summed E-state index contributed by atoms with van der Waals surface area (Å²) in [7, 11) is 0. The number of rotatable bonds is 3. The van der Waals surface area contributed by atoms with Crippen LogP contribution in [0.5, 0.6) is 0 Å². The summed E-state index contributed by atoms with van der Waals surface area (Å²) < 4.78 is 0. The van der Waals surface area contributed by atoms with Crippen molar-refractivity contribution in [3.8, 4) is 0 Å². The number of anilines is 1. The molecule has 2 unspecified atom stereocenters. The second-order valence-corrected chi connectivity index (χ2v) is 5.65. The van der Waals surface area contributed by atoms with Gasteiger partial charge in [-0.3, -0.25) is 4.79 Å². The van der Waals surface area contributed by atoms with Gasteiger partial charge in [0.2, 0.25) is 5.91 Å². The summed E-state index contributed by atoms with van der Waals surface area (Å²) in [6.45, 7) is 3.80. The van der Waals surface area contributed by atoms with Crippen LogP contribution in [-0.2, 0) is 0 Å². The summed E-state index contributed by atoms with van der Waals surface area (Å²) in [6.07, 6.45) is 2.20. The molecule has 1 amide bonds. The Hall–Kier alpha value is -1.26. The molecule has 2 rings (SSSR count). The zero-order chi connectivity index (χ0) is 14.0. The van der Waals surface area contributed by atoms with Gasteiger partial charge in [-0.15, -0.1) is 0 Å². The van der Waals surface area contributed by atoms with E-state index in [1.54, 1.807) is 12.1 Å². The quantitative estimate of drug-likeness (QED) is 0.890. The van der Waals surface area contributed by atoms with Gasteiger partial charge in [0.15, 0.2) is 0 Å². The topological polar surface area (TPSA) is 72.3 Å². The first kappa shape index (κ1) is 14.2. The van der Waals surface area contributed by atoms with E-state index in [9.17, 15) is 4.79 Å². The molecule has 0 bridgehead atoms. The van der Waals surface area contributed by atoms with Crippen molar-refractivity contribution < 1.29 is 4.79 Å². The zero-order valence-corrected chi connectivity index (χ0v) is 11.9. The Morgan fingerprint density at radius 3 is 2.84 bits per heavy atom. The van der Waals surface area contributed by atoms with Gasteiger partial charge >= 0.3 is 0 Å². The number of nitrogens with zero attached hydrogens (tertiary/aromatic N) is 1. The van der Waals surface area contributed by atoms with Crippen LogP contribution in [0.15, 0.2) is 18.2 Å². The fourth-order valence-electron chi connectivity index (χ4n) is 2.69. The van der Waals surface area contributed by atoms with Crippen LogP contribution in [0.2, 0.25) is 5.02 Å². The van der Waals surface area contributed by atoms with Gasteiger partial charge < -0.3 is 16.4 Å². The fourth-order valence-corrected chi connectivity index (χ4v) is 2.97. The van der Waals surface area contributed by atoms with Crippen molar-refractivity contribution in [2.45, 2.75) is 25.8 Å². The van der Waals surface area contributed by atoms with E-state index < -0.39 is 5.91 Å². The highest BCUT2D eigenvalue weighted by atomic mass is 35.5. The second-order valence-electron chi connectivity index (χ2n) is 5.24. The molecule has 1 aliphatic heterocycles. The highest BCUT2D eigenvalue weighted by molar-refractivity contribution is 6.33. The van der Waals surface area contributed by atoms with Crippen molar-refractivity contribution in [1.82, 2.24) is 0 Å². The largest absolute Gasteiger partial charge is 0.366 e. The van der Waals surface area contributed by atoms with Gasteiger partial charge in [0, 0.05) is 24.7 Å². The second kappa shape index (κ2) is 5.80. The van der Waals surface area contributed by atoms with Crippen LogP contribution in [0.1, 0.15) is 30.1 Å². The van der Waals surface area contributed by atoms with Gasteiger partial charge in [0.25, 0.3) is 0 Å². The summed E-state index contributed by atoms with van der Waals surface area (Å²) in [5.74, 6) is 0.226. The summed E-state index contributed by atoms with van der Waals surface area (Å²) in [6, 6.07) is 5.52. The number of hydrogen-bond acceptors (Lipinski definition) is 3. The number of amides is 1. The van der Waals surface area contributed by atoms with E-state index >= 15 is 0 Å². The Balaban J connectivity index is 2.28. The number of benzene rings is 1. The Kier molecular flexibility index (Phi) is 4.32. The molecule has 5 heteroatoms. The lowest BCUT2D eigenvalue weighted by Gasteiger charge is -2.40. The van der Waals surface area contributed by atoms with Gasteiger partial charge in [0.05, 0.1) is 10.7 Å². The predicted molar refractivity (Wildman–Crippen MR) is 78.6 cm³/mol. The molecule has 0 saturated carbocycles. The lowest BCUT2D eigenvalue weighted by Crippen LogP contribution is -2.46. The Labute approximate surface area is 118 Å². The van der Waals surface area contributed by atoms with Gasteiger partial charge in [0.1, 0.15) is 0 Å². The third-order valence-corrected chi connectivity index (χ3v) is 4.09. The summed E-state index contributed by atoms with van der Waals surface area (Å²) >= 11 is 6.28. The molecule has 0 aliphatic carbocycles. The molecule has 4 nitrogen and oxygen atoms in total. The highest BCUT2D eigenvalue weighted by Crippen LogP contribution is 2.33. The van der Waals surface area contributed by atoms with Gasteiger partial charge in [-0.05, 0) is 37.0 Å². The average Bonchev–Trinajstić information content (AvgIpc) is 2.38. The van der Waals surface area contributed by atoms with Crippen LogP contribution in [-0.4, -0.2) is 25.0 Å². The maximum absolute atomic E-state index is 11.1. The minimum atomic E-state index is -0.462. The van der Waals surface area contributed by atoms with E-state index in [2.05, 4.69) is 11.8 Å². The summed E-state index contributed by atoms with van der Waals surface area (Å²) in [4.78, 5) is 13.4. The molecule has 0 aromatic heterocycles.